The van der Waals surface area contributed by atoms with Gasteiger partial charge in [0.15, 0.2) is 0 Å². The van der Waals surface area contributed by atoms with E-state index in [-0.39, 0.29) is 23.2 Å². The summed E-state index contributed by atoms with van der Waals surface area (Å²) in [6.07, 6.45) is 1.50. The number of pyridine rings is 1. The van der Waals surface area contributed by atoms with Gasteiger partial charge in [0.2, 0.25) is 5.91 Å². The number of likely N-dealkylation sites (N-methyl/N-ethyl adjacent to an activating group) is 1. The molecule has 1 aromatic rings. The molecule has 2 amide bonds. The van der Waals surface area contributed by atoms with Crippen LogP contribution in [-0.4, -0.2) is 41.8 Å². The van der Waals surface area contributed by atoms with E-state index in [1.165, 1.54) is 11.1 Å². The third kappa shape index (κ3) is 3.71. The molecule has 6 heteroatoms. The molecule has 1 N–H and O–H groups in total. The number of hydrogen-bond donors (Lipinski definition) is 1. The van der Waals surface area contributed by atoms with Crippen LogP contribution in [0.1, 0.15) is 17.3 Å². The maximum absolute atomic E-state index is 11.7. The van der Waals surface area contributed by atoms with E-state index >= 15 is 0 Å². The zero-order valence-corrected chi connectivity index (χ0v) is 10.5. The zero-order chi connectivity index (χ0) is 12.8. The fourth-order valence-electron chi connectivity index (χ4n) is 1.12. The molecule has 0 saturated carbocycles. The minimum Gasteiger partial charge on any atom is -0.345 e. The van der Waals surface area contributed by atoms with Crippen LogP contribution in [0.15, 0.2) is 18.3 Å². The lowest BCUT2D eigenvalue weighted by Gasteiger charge is -2.14. The Hall–Kier alpha value is -1.62. The van der Waals surface area contributed by atoms with Crippen molar-refractivity contribution in [1.82, 2.24) is 15.2 Å². The Bertz CT molecular complexity index is 423. The largest absolute Gasteiger partial charge is 0.345 e. The topological polar surface area (TPSA) is 62.3 Å². The number of hydrogen-bond acceptors (Lipinski definition) is 3. The van der Waals surface area contributed by atoms with Crippen LogP contribution >= 0.6 is 11.6 Å². The molecule has 0 aliphatic heterocycles. The summed E-state index contributed by atoms with van der Waals surface area (Å²) in [5.74, 6) is -0.554. The number of carbonyl (C=O) groups excluding carboxylic acids is 2. The van der Waals surface area contributed by atoms with E-state index in [0.29, 0.717) is 6.54 Å². The van der Waals surface area contributed by atoms with Gasteiger partial charge in [0.1, 0.15) is 5.15 Å². The van der Waals surface area contributed by atoms with E-state index in [4.69, 9.17) is 11.6 Å². The minimum absolute atomic E-state index is 0.0472. The summed E-state index contributed by atoms with van der Waals surface area (Å²) in [4.78, 5) is 28.4. The number of halogens is 1. The highest BCUT2D eigenvalue weighted by Crippen LogP contribution is 2.10. The maximum Gasteiger partial charge on any atom is 0.254 e. The van der Waals surface area contributed by atoms with Crippen LogP contribution in [0.3, 0.4) is 0 Å². The van der Waals surface area contributed by atoms with Crippen LogP contribution in [-0.2, 0) is 4.79 Å². The Morgan fingerprint density at radius 3 is 2.82 bits per heavy atom. The number of amides is 2. The van der Waals surface area contributed by atoms with Gasteiger partial charge in [-0.25, -0.2) is 4.98 Å². The van der Waals surface area contributed by atoms with Gasteiger partial charge in [-0.1, -0.05) is 11.6 Å². The number of carbonyl (C=O) groups is 2. The van der Waals surface area contributed by atoms with Crippen molar-refractivity contribution >= 4 is 23.4 Å². The highest BCUT2D eigenvalue weighted by Gasteiger charge is 2.13. The quantitative estimate of drug-likeness (QED) is 0.815. The van der Waals surface area contributed by atoms with E-state index in [2.05, 4.69) is 10.3 Å². The van der Waals surface area contributed by atoms with E-state index in [1.54, 1.807) is 19.2 Å². The van der Waals surface area contributed by atoms with Crippen molar-refractivity contribution in [3.63, 3.8) is 0 Å². The molecule has 0 fully saturated rings. The molecule has 17 heavy (non-hydrogen) atoms. The van der Waals surface area contributed by atoms with E-state index < -0.39 is 5.91 Å². The molecule has 0 aliphatic carbocycles. The third-order valence-corrected chi connectivity index (χ3v) is 2.61. The van der Waals surface area contributed by atoms with Gasteiger partial charge >= 0.3 is 0 Å². The molecular formula is C11H14ClN3O2. The minimum atomic E-state index is -0.402. The summed E-state index contributed by atoms with van der Waals surface area (Å²) in [6.45, 7) is 2.41. The van der Waals surface area contributed by atoms with Crippen molar-refractivity contribution in [2.24, 2.45) is 0 Å². The number of nitrogens with one attached hydrogen (secondary N) is 1. The average molecular weight is 256 g/mol. The maximum atomic E-state index is 11.7. The normalized spacial score (nSPS) is 9.82. The molecule has 1 rings (SSSR count). The van der Waals surface area contributed by atoms with E-state index in [9.17, 15) is 9.59 Å². The van der Waals surface area contributed by atoms with Crippen LogP contribution in [0.4, 0.5) is 0 Å². The second kappa shape index (κ2) is 6.20. The van der Waals surface area contributed by atoms with Crippen molar-refractivity contribution in [1.29, 1.82) is 0 Å². The van der Waals surface area contributed by atoms with Gasteiger partial charge in [-0.3, -0.25) is 9.59 Å². The van der Waals surface area contributed by atoms with Crippen LogP contribution in [0.2, 0.25) is 5.15 Å². The van der Waals surface area contributed by atoms with Crippen molar-refractivity contribution in [3.8, 4) is 0 Å². The fraction of sp³-hybridized carbons (Fsp3) is 0.364. The number of rotatable bonds is 4. The van der Waals surface area contributed by atoms with Crippen molar-refractivity contribution in [2.75, 3.05) is 20.1 Å². The van der Waals surface area contributed by atoms with Gasteiger partial charge < -0.3 is 10.2 Å². The second-order valence-corrected chi connectivity index (χ2v) is 3.79. The molecule has 0 atom stereocenters. The summed E-state index contributed by atoms with van der Waals surface area (Å²) < 4.78 is 0. The lowest BCUT2D eigenvalue weighted by Crippen LogP contribution is -2.38. The predicted octanol–water partition coefficient (Wildman–Crippen LogP) is 0.943. The molecule has 1 aromatic heterocycles. The Balaban J connectivity index is 2.57. The molecule has 0 aliphatic rings. The first-order chi connectivity index (χ1) is 8.06. The summed E-state index contributed by atoms with van der Waals surface area (Å²) in [6, 6.07) is 3.17. The smallest absolute Gasteiger partial charge is 0.254 e. The zero-order valence-electron chi connectivity index (χ0n) is 9.74. The van der Waals surface area contributed by atoms with Crippen molar-refractivity contribution < 1.29 is 9.59 Å². The SMILES string of the molecule is CCN(C)C(=O)CNC(=O)c1cccnc1Cl. The van der Waals surface area contributed by atoms with Gasteiger partial charge in [0.25, 0.3) is 5.91 Å². The first kappa shape index (κ1) is 13.4. The summed E-state index contributed by atoms with van der Waals surface area (Å²) in [5.41, 5.74) is 0.265. The molecule has 0 spiro atoms. The Morgan fingerprint density at radius 2 is 2.24 bits per heavy atom. The Labute approximate surface area is 105 Å². The fourth-order valence-corrected chi connectivity index (χ4v) is 1.32. The molecule has 92 valence electrons. The molecule has 0 bridgehead atoms. The van der Waals surface area contributed by atoms with Gasteiger partial charge in [0, 0.05) is 19.8 Å². The summed E-state index contributed by atoms with van der Waals surface area (Å²) >= 11 is 5.76. The molecule has 0 saturated heterocycles. The van der Waals surface area contributed by atoms with Crippen LogP contribution in [0.25, 0.3) is 0 Å². The molecule has 5 nitrogen and oxygen atoms in total. The van der Waals surface area contributed by atoms with E-state index in [0.717, 1.165) is 0 Å². The molecule has 0 aromatic carbocycles. The van der Waals surface area contributed by atoms with Crippen LogP contribution in [0.5, 0.6) is 0 Å². The average Bonchev–Trinajstić information content (AvgIpc) is 2.35. The number of aromatic nitrogens is 1. The Morgan fingerprint density at radius 1 is 1.53 bits per heavy atom. The predicted molar refractivity (Wildman–Crippen MR) is 64.9 cm³/mol. The van der Waals surface area contributed by atoms with Gasteiger partial charge in [0.05, 0.1) is 12.1 Å². The first-order valence-electron chi connectivity index (χ1n) is 5.19. The van der Waals surface area contributed by atoms with Crippen molar-refractivity contribution in [3.05, 3.63) is 29.0 Å². The summed E-state index contributed by atoms with van der Waals surface area (Å²) in [5, 5.41) is 2.63. The molecule has 0 radical (unpaired) electrons. The monoisotopic (exact) mass is 255 g/mol. The van der Waals surface area contributed by atoms with Crippen molar-refractivity contribution in [2.45, 2.75) is 6.92 Å². The molecule has 1 heterocycles. The van der Waals surface area contributed by atoms with Crippen LogP contribution in [0, 0.1) is 0 Å². The number of nitrogens with zero attached hydrogens (tertiary/aromatic N) is 2. The highest BCUT2D eigenvalue weighted by molar-refractivity contribution is 6.32. The third-order valence-electron chi connectivity index (χ3n) is 2.30. The Kier molecular flexibility index (Phi) is 4.90. The van der Waals surface area contributed by atoms with E-state index in [1.807, 2.05) is 6.92 Å². The van der Waals surface area contributed by atoms with Crippen LogP contribution < -0.4 is 5.32 Å². The van der Waals surface area contributed by atoms with Gasteiger partial charge in [-0.15, -0.1) is 0 Å². The second-order valence-electron chi connectivity index (χ2n) is 3.43. The standard InChI is InChI=1S/C11H14ClN3O2/c1-3-15(2)9(16)7-14-11(17)8-5-4-6-13-10(8)12/h4-6H,3,7H2,1-2H3,(H,14,17). The molecular weight excluding hydrogens is 242 g/mol. The van der Waals surface area contributed by atoms with Gasteiger partial charge in [-0.2, -0.15) is 0 Å². The molecule has 0 unspecified atom stereocenters. The lowest BCUT2D eigenvalue weighted by molar-refractivity contribution is -0.128. The summed E-state index contributed by atoms with van der Waals surface area (Å²) in [7, 11) is 1.67. The first-order valence-corrected chi connectivity index (χ1v) is 5.56. The van der Waals surface area contributed by atoms with Gasteiger partial charge in [-0.05, 0) is 19.1 Å². The highest BCUT2D eigenvalue weighted by atomic mass is 35.5. The lowest BCUT2D eigenvalue weighted by atomic mass is 10.2.